The van der Waals surface area contributed by atoms with Crippen molar-refractivity contribution >= 4 is 6.03 Å². The number of benzene rings is 1. The van der Waals surface area contributed by atoms with E-state index in [0.717, 1.165) is 31.5 Å². The van der Waals surface area contributed by atoms with Gasteiger partial charge in [0.2, 0.25) is 0 Å². The van der Waals surface area contributed by atoms with Crippen molar-refractivity contribution in [1.29, 1.82) is 0 Å². The molecule has 1 aliphatic heterocycles. The lowest BCUT2D eigenvalue weighted by molar-refractivity contribution is 0.0935. The minimum absolute atomic E-state index is 0.00286. The van der Waals surface area contributed by atoms with Crippen molar-refractivity contribution in [2.24, 2.45) is 0 Å². The van der Waals surface area contributed by atoms with Crippen molar-refractivity contribution in [3.05, 3.63) is 35.6 Å². The Kier molecular flexibility index (Phi) is 5.62. The zero-order valence-corrected chi connectivity index (χ0v) is 15.4. The number of halogens is 1. The zero-order valence-electron chi connectivity index (χ0n) is 15.4. The Hall–Kier alpha value is -1.62. The fraction of sp³-hybridized carbons (Fsp3) is 0.650. The van der Waals surface area contributed by atoms with Gasteiger partial charge >= 0.3 is 6.03 Å². The Balaban J connectivity index is 1.56. The molecular weight excluding hydrogens is 317 g/mol. The summed E-state index contributed by atoms with van der Waals surface area (Å²) < 4.78 is 13.1. The summed E-state index contributed by atoms with van der Waals surface area (Å²) in [5, 5.41) is 3.14. The number of nitrogens with one attached hydrogen (secondary N) is 1. The zero-order chi connectivity index (χ0) is 17.9. The molecule has 0 bridgehead atoms. The number of piperidine rings is 1. The van der Waals surface area contributed by atoms with E-state index in [0.29, 0.717) is 19.1 Å². The van der Waals surface area contributed by atoms with Gasteiger partial charge in [0.1, 0.15) is 5.82 Å². The summed E-state index contributed by atoms with van der Waals surface area (Å²) in [6, 6.07) is 6.75. The Morgan fingerprint density at radius 3 is 2.44 bits per heavy atom. The molecule has 0 unspecified atom stereocenters. The van der Waals surface area contributed by atoms with Gasteiger partial charge in [-0.3, -0.25) is 4.90 Å². The Labute approximate surface area is 150 Å². The molecule has 1 aliphatic carbocycles. The van der Waals surface area contributed by atoms with Crippen molar-refractivity contribution in [2.75, 3.05) is 19.6 Å². The highest BCUT2D eigenvalue weighted by Crippen LogP contribution is 2.28. The predicted octanol–water partition coefficient (Wildman–Crippen LogP) is 3.76. The van der Waals surface area contributed by atoms with Gasteiger partial charge in [0.15, 0.2) is 0 Å². The normalized spacial score (nSPS) is 18.8. The summed E-state index contributed by atoms with van der Waals surface area (Å²) in [6.07, 6.45) is 5.92. The second kappa shape index (κ2) is 7.73. The third kappa shape index (κ3) is 4.94. The number of rotatable bonds is 6. The quantitative estimate of drug-likeness (QED) is 0.850. The Morgan fingerprint density at radius 1 is 1.20 bits per heavy atom. The smallest absolute Gasteiger partial charge is 0.318 e. The number of carbonyl (C=O) groups is 1. The van der Waals surface area contributed by atoms with Gasteiger partial charge in [0, 0.05) is 24.7 Å². The molecule has 1 aromatic rings. The average Bonchev–Trinajstić information content (AvgIpc) is 3.45. The van der Waals surface area contributed by atoms with Crippen LogP contribution in [-0.2, 0) is 6.54 Å². The van der Waals surface area contributed by atoms with Gasteiger partial charge in [-0.2, -0.15) is 0 Å². The van der Waals surface area contributed by atoms with E-state index in [-0.39, 0.29) is 17.4 Å². The highest BCUT2D eigenvalue weighted by molar-refractivity contribution is 5.75. The van der Waals surface area contributed by atoms with Crippen LogP contribution in [0.3, 0.4) is 0 Å². The third-order valence-corrected chi connectivity index (χ3v) is 5.40. The van der Waals surface area contributed by atoms with Gasteiger partial charge in [-0.05, 0) is 70.3 Å². The maximum atomic E-state index is 13.1. The Bertz CT molecular complexity index is 577. The van der Waals surface area contributed by atoms with Gasteiger partial charge in [0.05, 0.1) is 0 Å². The maximum absolute atomic E-state index is 13.1. The molecule has 0 radical (unpaired) electrons. The molecule has 25 heavy (non-hydrogen) atoms. The van der Waals surface area contributed by atoms with Crippen LogP contribution in [0, 0.1) is 5.82 Å². The first-order chi connectivity index (χ1) is 12.0. The predicted molar refractivity (Wildman–Crippen MR) is 97.9 cm³/mol. The Morgan fingerprint density at radius 2 is 1.84 bits per heavy atom. The first kappa shape index (κ1) is 18.2. The summed E-state index contributed by atoms with van der Waals surface area (Å²) >= 11 is 0. The van der Waals surface area contributed by atoms with Crippen molar-refractivity contribution < 1.29 is 9.18 Å². The van der Waals surface area contributed by atoms with Gasteiger partial charge in [0.25, 0.3) is 0 Å². The van der Waals surface area contributed by atoms with E-state index in [1.807, 2.05) is 4.90 Å². The molecule has 3 rings (SSSR count). The number of urea groups is 1. The second-order valence-corrected chi connectivity index (χ2v) is 8.00. The summed E-state index contributed by atoms with van der Waals surface area (Å²) in [6.45, 7) is 7.84. The van der Waals surface area contributed by atoms with Crippen LogP contribution in [-0.4, -0.2) is 47.0 Å². The molecule has 1 N–H and O–H groups in total. The minimum Gasteiger partial charge on any atom is -0.336 e. The van der Waals surface area contributed by atoms with Crippen molar-refractivity contribution in [3.63, 3.8) is 0 Å². The van der Waals surface area contributed by atoms with Crippen LogP contribution in [0.2, 0.25) is 0 Å². The van der Waals surface area contributed by atoms with E-state index < -0.39 is 0 Å². The SMILES string of the molecule is CC(C)(CNC(=O)N(Cc1ccc(F)cc1)C1CC1)N1CCCCC1. The number of nitrogens with zero attached hydrogens (tertiary/aromatic N) is 2. The van der Waals surface area contributed by atoms with Crippen LogP contribution in [0.4, 0.5) is 9.18 Å². The standard InChI is InChI=1S/C20H30FN3O/c1-20(2,23-12-4-3-5-13-23)15-22-19(25)24(18-10-11-18)14-16-6-8-17(21)9-7-16/h6-9,18H,3-5,10-15H2,1-2H3,(H,22,25). The number of hydrogen-bond donors (Lipinski definition) is 1. The first-order valence-electron chi connectivity index (χ1n) is 9.50. The molecule has 0 spiro atoms. The molecule has 1 saturated heterocycles. The van der Waals surface area contributed by atoms with E-state index in [1.54, 1.807) is 12.1 Å². The van der Waals surface area contributed by atoms with Crippen molar-refractivity contribution in [3.8, 4) is 0 Å². The number of likely N-dealkylation sites (tertiary alicyclic amines) is 1. The van der Waals surface area contributed by atoms with Gasteiger partial charge in [-0.15, -0.1) is 0 Å². The van der Waals surface area contributed by atoms with E-state index in [2.05, 4.69) is 24.1 Å². The molecule has 138 valence electrons. The lowest BCUT2D eigenvalue weighted by Crippen LogP contribution is -2.55. The number of carbonyl (C=O) groups excluding carboxylic acids is 1. The molecule has 0 aromatic heterocycles. The average molecular weight is 347 g/mol. The van der Waals surface area contributed by atoms with Crippen LogP contribution in [0.15, 0.2) is 24.3 Å². The van der Waals surface area contributed by atoms with Crippen LogP contribution in [0.25, 0.3) is 0 Å². The molecule has 2 amide bonds. The van der Waals surface area contributed by atoms with Gasteiger partial charge in [-0.25, -0.2) is 9.18 Å². The summed E-state index contributed by atoms with van der Waals surface area (Å²) in [4.78, 5) is 17.1. The first-order valence-corrected chi connectivity index (χ1v) is 9.50. The van der Waals surface area contributed by atoms with Crippen LogP contribution >= 0.6 is 0 Å². The van der Waals surface area contributed by atoms with E-state index >= 15 is 0 Å². The molecule has 1 saturated carbocycles. The molecule has 1 aromatic carbocycles. The van der Waals surface area contributed by atoms with Gasteiger partial charge < -0.3 is 10.2 Å². The number of hydrogen-bond acceptors (Lipinski definition) is 2. The third-order valence-electron chi connectivity index (χ3n) is 5.40. The highest BCUT2D eigenvalue weighted by Gasteiger charge is 2.34. The van der Waals surface area contributed by atoms with E-state index in [4.69, 9.17) is 0 Å². The number of amides is 2. The summed E-state index contributed by atoms with van der Waals surface area (Å²) in [5.74, 6) is -0.241. The lowest BCUT2D eigenvalue weighted by Gasteiger charge is -2.41. The van der Waals surface area contributed by atoms with Gasteiger partial charge in [-0.1, -0.05) is 18.6 Å². The molecule has 0 atom stereocenters. The largest absolute Gasteiger partial charge is 0.336 e. The minimum atomic E-state index is -0.241. The molecule has 1 heterocycles. The van der Waals surface area contributed by atoms with Crippen molar-refractivity contribution in [2.45, 2.75) is 64.1 Å². The maximum Gasteiger partial charge on any atom is 0.318 e. The van der Waals surface area contributed by atoms with E-state index in [9.17, 15) is 9.18 Å². The second-order valence-electron chi connectivity index (χ2n) is 8.00. The molecule has 5 heteroatoms. The highest BCUT2D eigenvalue weighted by atomic mass is 19.1. The summed E-state index contributed by atoms with van der Waals surface area (Å²) in [7, 11) is 0. The topological polar surface area (TPSA) is 35.6 Å². The fourth-order valence-corrected chi connectivity index (χ4v) is 3.54. The van der Waals surface area contributed by atoms with Crippen LogP contribution < -0.4 is 5.32 Å². The molecule has 2 fully saturated rings. The lowest BCUT2D eigenvalue weighted by atomic mass is 9.98. The monoisotopic (exact) mass is 347 g/mol. The van der Waals surface area contributed by atoms with Crippen LogP contribution in [0.1, 0.15) is 51.5 Å². The molecule has 2 aliphatic rings. The fourth-order valence-electron chi connectivity index (χ4n) is 3.54. The van der Waals surface area contributed by atoms with Crippen molar-refractivity contribution in [1.82, 2.24) is 15.1 Å². The molecular formula is C20H30FN3O. The van der Waals surface area contributed by atoms with E-state index in [1.165, 1.54) is 31.4 Å². The molecule has 4 nitrogen and oxygen atoms in total. The summed E-state index contributed by atoms with van der Waals surface area (Å²) in [5.41, 5.74) is 0.944. The van der Waals surface area contributed by atoms with Crippen LogP contribution in [0.5, 0.6) is 0 Å².